The standard InChI is InChI=1S/C25H37N10O19P3/c1-9(16-17(48-5-4-47-3)15(38)23(51-16)35-8-33(2)12-19(35)30-25(27)32-21(12)40)52-56(43,44)54-57(45,46)53-55(41,42)49-6-10-13(36)14(37)22(50-10)34-7-28-11-18(34)29-24(26)31-20(11)39/h7-10,13-17,22-23,36-38H,4-6H2,1-3H3,(H8-,26,27,29,30,31,32,39,40,41,42,43,44,45,46)/p+1/t9-,10-,13?,14+,15+,16-,17?,22-,23-/m1/s1. The summed E-state index contributed by atoms with van der Waals surface area (Å²) in [6, 6.07) is 0. The van der Waals surface area contributed by atoms with Gasteiger partial charge in [0.25, 0.3) is 17.1 Å². The van der Waals surface area contributed by atoms with Gasteiger partial charge >= 0.3 is 29.1 Å². The van der Waals surface area contributed by atoms with Gasteiger partial charge in [-0.1, -0.05) is 4.98 Å². The van der Waals surface area contributed by atoms with E-state index in [2.05, 4.69) is 38.1 Å². The number of fused-ring (bicyclic) bond motifs is 2. The number of aliphatic hydroxyl groups is 3. The lowest BCUT2D eigenvalue weighted by Crippen LogP contribution is -2.46. The van der Waals surface area contributed by atoms with Crippen molar-refractivity contribution in [3.05, 3.63) is 33.4 Å². The van der Waals surface area contributed by atoms with Gasteiger partial charge in [0.05, 0.1) is 39.3 Å². The van der Waals surface area contributed by atoms with Crippen LogP contribution in [0.15, 0.2) is 22.2 Å². The van der Waals surface area contributed by atoms with Gasteiger partial charge in [0, 0.05) is 7.11 Å². The van der Waals surface area contributed by atoms with Gasteiger partial charge in [-0.2, -0.15) is 13.6 Å². The number of aryl methyl sites for hydroxylation is 1. The Kier molecular flexibility index (Phi) is 12.3. The number of hydrogen-bond donors (Lipinski definition) is 10. The molecule has 316 valence electrons. The third-order valence-electron chi connectivity index (χ3n) is 8.55. The first-order valence-corrected chi connectivity index (χ1v) is 20.8. The van der Waals surface area contributed by atoms with E-state index in [0.29, 0.717) is 0 Å². The third-order valence-corrected chi connectivity index (χ3v) is 12.9. The predicted molar refractivity (Wildman–Crippen MR) is 184 cm³/mol. The minimum absolute atomic E-state index is 0.0182. The molecule has 32 heteroatoms. The number of nitrogens with two attached hydrogens (primary N) is 2. The summed E-state index contributed by atoms with van der Waals surface area (Å²) >= 11 is 0. The van der Waals surface area contributed by atoms with Crippen LogP contribution in [0, 0.1) is 0 Å². The second-order valence-corrected chi connectivity index (χ2v) is 17.2. The molecule has 29 nitrogen and oxygen atoms in total. The Morgan fingerprint density at radius 3 is 2.32 bits per heavy atom. The van der Waals surface area contributed by atoms with E-state index < -0.39 is 96.4 Å². The number of ether oxygens (including phenoxy) is 4. The monoisotopic (exact) mass is 875 g/mol. The number of aromatic nitrogens is 8. The summed E-state index contributed by atoms with van der Waals surface area (Å²) in [5, 5.41) is 32.4. The minimum atomic E-state index is -6.04. The van der Waals surface area contributed by atoms with Crippen molar-refractivity contribution >= 4 is 57.7 Å². The number of hydrogen-bond acceptors (Lipinski definition) is 21. The number of anilines is 2. The van der Waals surface area contributed by atoms with E-state index in [4.69, 9.17) is 34.9 Å². The van der Waals surface area contributed by atoms with Crippen LogP contribution in [-0.4, -0.2) is 134 Å². The van der Waals surface area contributed by atoms with E-state index in [1.165, 1.54) is 29.6 Å². The summed E-state index contributed by atoms with van der Waals surface area (Å²) in [6.45, 7) is -0.0445. The SMILES string of the molecule is COCCOC1[C@H](O)[C@H]([n+]2cn(C)c3c(=O)[nH]c(N)nc32)O[C@@H]1[C@@H](C)OP(=O)(O)OP(=O)(O)OP(=O)(O)OC[C@H]1O[C@@H](n2cnc3c(=O)[nH]c(N)nc32)[C@@H](O)C1O. The molecule has 12 atom stereocenters. The van der Waals surface area contributed by atoms with Crippen molar-refractivity contribution < 1.29 is 84.9 Å². The molecule has 0 saturated carbocycles. The molecule has 4 aromatic rings. The molecule has 2 aliphatic heterocycles. The Hall–Kier alpha value is -3.57. The van der Waals surface area contributed by atoms with Crippen LogP contribution in [0.5, 0.6) is 0 Å². The predicted octanol–water partition coefficient (Wildman–Crippen LogP) is -3.49. The molecule has 0 spiro atoms. The highest BCUT2D eigenvalue weighted by Gasteiger charge is 2.53. The van der Waals surface area contributed by atoms with Crippen LogP contribution < -0.4 is 27.2 Å². The van der Waals surface area contributed by atoms with Crippen molar-refractivity contribution in [2.24, 2.45) is 7.05 Å². The molecule has 57 heavy (non-hydrogen) atoms. The van der Waals surface area contributed by atoms with Gasteiger partial charge in [-0.3, -0.25) is 37.7 Å². The molecule has 2 aliphatic rings. The van der Waals surface area contributed by atoms with Gasteiger partial charge in [-0.15, -0.1) is 0 Å². The Morgan fingerprint density at radius 2 is 1.61 bits per heavy atom. The molecule has 2 saturated heterocycles. The van der Waals surface area contributed by atoms with Crippen molar-refractivity contribution in [2.45, 2.75) is 62.1 Å². The fourth-order valence-electron chi connectivity index (χ4n) is 6.18. The second kappa shape index (κ2) is 16.2. The van der Waals surface area contributed by atoms with Crippen molar-refractivity contribution in [3.8, 4) is 0 Å². The van der Waals surface area contributed by atoms with Crippen LogP contribution in [0.3, 0.4) is 0 Å². The lowest BCUT2D eigenvalue weighted by molar-refractivity contribution is -0.746. The maximum Gasteiger partial charge on any atom is 0.490 e. The molecule has 4 aromatic heterocycles. The van der Waals surface area contributed by atoms with Crippen LogP contribution in [0.1, 0.15) is 19.4 Å². The molecule has 5 unspecified atom stereocenters. The summed E-state index contributed by atoms with van der Waals surface area (Å²) in [5.41, 5.74) is 9.63. The molecule has 0 aliphatic carbocycles. The van der Waals surface area contributed by atoms with Crippen LogP contribution in [0.4, 0.5) is 11.9 Å². The molecular formula is C25H38N10O19P3+. The van der Waals surface area contributed by atoms with E-state index in [1.807, 2.05) is 0 Å². The molecule has 0 aromatic carbocycles. The highest BCUT2D eigenvalue weighted by atomic mass is 31.3. The summed E-state index contributed by atoms with van der Waals surface area (Å²) in [5.74, 6) is -0.563. The molecule has 0 radical (unpaired) electrons. The maximum absolute atomic E-state index is 13.0. The third kappa shape index (κ3) is 9.04. The van der Waals surface area contributed by atoms with Crippen molar-refractivity contribution in [1.82, 2.24) is 34.1 Å². The first-order chi connectivity index (χ1) is 26.6. The number of aliphatic hydroxyl groups excluding tert-OH is 3. The number of nitrogens with one attached hydrogen (secondary N) is 2. The fourth-order valence-corrected chi connectivity index (χ4v) is 9.87. The molecule has 2 fully saturated rings. The fraction of sp³-hybridized carbons (Fsp3) is 0.600. The number of nitrogens with zero attached hydrogens (tertiary/aromatic N) is 6. The van der Waals surface area contributed by atoms with Gasteiger partial charge in [-0.05, 0) is 6.92 Å². The van der Waals surface area contributed by atoms with Gasteiger partial charge in [0.15, 0.2) is 23.7 Å². The van der Waals surface area contributed by atoms with Gasteiger partial charge in [0.1, 0.15) is 36.6 Å². The number of phosphoric acid groups is 3. The minimum Gasteiger partial charge on any atom is -0.387 e. The number of nitrogen functional groups attached to an aromatic ring is 2. The highest BCUT2D eigenvalue weighted by molar-refractivity contribution is 7.66. The normalized spacial score (nSPS) is 29.1. The quantitative estimate of drug-likeness (QED) is 0.0297. The maximum atomic E-state index is 13.0. The van der Waals surface area contributed by atoms with Gasteiger partial charge in [-0.25, -0.2) is 23.2 Å². The Labute approximate surface area is 317 Å². The van der Waals surface area contributed by atoms with Gasteiger partial charge in [0.2, 0.25) is 17.7 Å². The number of aromatic amines is 2. The summed E-state index contributed by atoms with van der Waals surface area (Å²) in [6.07, 6.45) is -11.7. The van der Waals surface area contributed by atoms with Crippen molar-refractivity contribution in [1.29, 1.82) is 0 Å². The zero-order valence-electron chi connectivity index (χ0n) is 29.6. The van der Waals surface area contributed by atoms with E-state index in [0.717, 1.165) is 17.8 Å². The molecule has 6 heterocycles. The summed E-state index contributed by atoms with van der Waals surface area (Å²) < 4.78 is 82.2. The van der Waals surface area contributed by atoms with Crippen molar-refractivity contribution in [3.63, 3.8) is 0 Å². The topological polar surface area (TPSA) is 417 Å². The van der Waals surface area contributed by atoms with E-state index in [9.17, 15) is 53.3 Å². The van der Waals surface area contributed by atoms with Crippen LogP contribution in [0.2, 0.25) is 0 Å². The lowest BCUT2D eigenvalue weighted by atomic mass is 10.1. The average molecular weight is 876 g/mol. The first kappa shape index (κ1) is 43.0. The van der Waals surface area contributed by atoms with Gasteiger partial charge < -0.3 is 60.4 Å². The number of rotatable bonds is 16. The highest BCUT2D eigenvalue weighted by Crippen LogP contribution is 2.68. The van der Waals surface area contributed by atoms with Crippen molar-refractivity contribution in [2.75, 3.05) is 38.4 Å². The zero-order valence-corrected chi connectivity index (χ0v) is 32.3. The number of methoxy groups -OCH3 is 1. The number of H-pyrrole nitrogens is 2. The largest absolute Gasteiger partial charge is 0.490 e. The van der Waals surface area contributed by atoms with E-state index >= 15 is 0 Å². The second-order valence-electron chi connectivity index (χ2n) is 12.6. The Morgan fingerprint density at radius 1 is 0.947 bits per heavy atom. The zero-order chi connectivity index (χ0) is 41.8. The Bertz CT molecular complexity index is 2390. The molecule has 6 rings (SSSR count). The van der Waals surface area contributed by atoms with Crippen LogP contribution >= 0.6 is 23.5 Å². The van der Waals surface area contributed by atoms with E-state index in [1.54, 1.807) is 0 Å². The molecular weight excluding hydrogens is 837 g/mol. The Balaban J connectivity index is 1.10. The smallest absolute Gasteiger partial charge is 0.387 e. The van der Waals surface area contributed by atoms with Crippen LogP contribution in [0.25, 0.3) is 22.3 Å². The molecule has 0 bridgehead atoms. The summed E-state index contributed by atoms with van der Waals surface area (Å²) in [7, 11) is -14.6. The lowest BCUT2D eigenvalue weighted by Gasteiger charge is -2.27. The summed E-state index contributed by atoms with van der Waals surface area (Å²) in [4.78, 5) is 71.9. The first-order valence-electron chi connectivity index (χ1n) is 16.3. The number of imidazole rings is 2. The molecule has 0 amide bonds. The average Bonchev–Trinajstić information content (AvgIpc) is 3.82. The van der Waals surface area contributed by atoms with Crippen LogP contribution in [-0.2, 0) is 57.4 Å². The molecule has 12 N–H and O–H groups in total. The number of phosphoric ester groups is 2. The van der Waals surface area contributed by atoms with E-state index in [-0.39, 0.29) is 47.4 Å².